The third-order valence-corrected chi connectivity index (χ3v) is 8.72. The summed E-state index contributed by atoms with van der Waals surface area (Å²) in [7, 11) is -3.32. The van der Waals surface area contributed by atoms with Crippen molar-refractivity contribution < 1.29 is 13.2 Å². The van der Waals surface area contributed by atoms with Crippen LogP contribution in [0.4, 0.5) is 0 Å². The highest BCUT2D eigenvalue weighted by Crippen LogP contribution is 2.24. The minimum atomic E-state index is -3.32. The Hall–Kier alpha value is -1.90. The molecule has 1 aromatic heterocycles. The maximum Gasteiger partial charge on any atom is 0.252 e. The number of aryl methyl sites for hydroxylation is 1. The van der Waals surface area contributed by atoms with E-state index in [2.05, 4.69) is 34.7 Å². The van der Waals surface area contributed by atoms with Crippen LogP contribution < -0.4 is 4.80 Å². The maximum absolute atomic E-state index is 12.6. The molecule has 3 aromatic rings. The van der Waals surface area contributed by atoms with Crippen LogP contribution in [0.25, 0.3) is 10.2 Å². The quantitative estimate of drug-likeness (QED) is 0.478. The Bertz CT molecular complexity index is 1220. The highest BCUT2D eigenvalue weighted by Gasteiger charge is 2.19. The fourth-order valence-corrected chi connectivity index (χ4v) is 5.78. The van der Waals surface area contributed by atoms with Gasteiger partial charge in [0.1, 0.15) is 0 Å². The Morgan fingerprint density at radius 3 is 2.47 bits per heavy atom. The molecule has 0 saturated heterocycles. The van der Waals surface area contributed by atoms with Crippen LogP contribution in [0.3, 0.4) is 0 Å². The fourth-order valence-electron chi connectivity index (χ4n) is 3.10. The lowest BCUT2D eigenvalue weighted by atomic mass is 10.1. The van der Waals surface area contributed by atoms with Crippen LogP contribution in [0.5, 0.6) is 0 Å². The topological polar surface area (TPSA) is 68.5 Å². The molecular weight excluding hydrogens is 436 g/mol. The molecule has 0 aliphatic carbocycles. The van der Waals surface area contributed by atoms with Gasteiger partial charge in [0.15, 0.2) is 14.6 Å². The molecule has 1 amide bonds. The first-order valence-corrected chi connectivity index (χ1v) is 13.4. The van der Waals surface area contributed by atoms with Gasteiger partial charge in [-0.25, -0.2) is 8.42 Å². The number of thiazole rings is 1. The Morgan fingerprint density at radius 1 is 1.17 bits per heavy atom. The van der Waals surface area contributed by atoms with Gasteiger partial charge in [0, 0.05) is 11.4 Å². The van der Waals surface area contributed by atoms with Crippen molar-refractivity contribution in [1.82, 2.24) is 4.57 Å². The predicted molar refractivity (Wildman–Crippen MR) is 125 cm³/mol. The lowest BCUT2D eigenvalue weighted by molar-refractivity contribution is -0.117. The largest absolute Gasteiger partial charge is 0.316 e. The molecule has 1 heterocycles. The molecule has 160 valence electrons. The third kappa shape index (κ3) is 4.87. The number of amides is 1. The van der Waals surface area contributed by atoms with E-state index in [1.165, 1.54) is 16.2 Å². The molecule has 0 radical (unpaired) electrons. The van der Waals surface area contributed by atoms with E-state index in [9.17, 15) is 13.2 Å². The van der Waals surface area contributed by atoms with Crippen molar-refractivity contribution in [3.8, 4) is 0 Å². The van der Waals surface area contributed by atoms with E-state index in [0.29, 0.717) is 4.80 Å². The van der Waals surface area contributed by atoms with Crippen molar-refractivity contribution >= 4 is 49.1 Å². The van der Waals surface area contributed by atoms with Crippen molar-refractivity contribution in [1.29, 1.82) is 0 Å². The SMILES string of the molecule is CCCn1c(=NC(=O)Cc2ccc(S(=O)(=O)C(C)C)cc2)sc2cc(SC)ccc21. The molecule has 0 aliphatic heterocycles. The first-order valence-electron chi connectivity index (χ1n) is 9.84. The van der Waals surface area contributed by atoms with Crippen LogP contribution in [-0.4, -0.2) is 30.4 Å². The number of hydrogen-bond donors (Lipinski definition) is 0. The summed E-state index contributed by atoms with van der Waals surface area (Å²) in [4.78, 5) is 19.2. The van der Waals surface area contributed by atoms with Crippen molar-refractivity contribution in [2.24, 2.45) is 4.99 Å². The Labute approximate surface area is 185 Å². The van der Waals surface area contributed by atoms with Crippen LogP contribution in [0.1, 0.15) is 32.8 Å². The van der Waals surface area contributed by atoms with Crippen molar-refractivity contribution in [3.05, 3.63) is 52.8 Å². The summed E-state index contributed by atoms with van der Waals surface area (Å²) in [5, 5.41) is -0.478. The molecule has 0 aliphatic rings. The van der Waals surface area contributed by atoms with Gasteiger partial charge in [-0.2, -0.15) is 4.99 Å². The normalized spacial score (nSPS) is 12.8. The summed E-state index contributed by atoms with van der Waals surface area (Å²) >= 11 is 3.21. The molecule has 0 fully saturated rings. The molecule has 30 heavy (non-hydrogen) atoms. The number of sulfone groups is 1. The molecule has 0 bridgehead atoms. The standard InChI is InChI=1S/C22H26N2O3S3/c1-5-12-24-19-11-8-17(28-4)14-20(19)29-22(24)23-21(25)13-16-6-9-18(10-7-16)30(26,27)15(2)3/h6-11,14-15H,5,12-13H2,1-4H3. The van der Waals surface area contributed by atoms with E-state index in [1.807, 2.05) is 6.26 Å². The van der Waals surface area contributed by atoms with Gasteiger partial charge in [-0.15, -0.1) is 11.8 Å². The van der Waals surface area contributed by atoms with Gasteiger partial charge in [-0.1, -0.05) is 30.4 Å². The number of carbonyl (C=O) groups excluding carboxylic acids is 1. The third-order valence-electron chi connectivity index (χ3n) is 4.79. The number of rotatable bonds is 7. The average molecular weight is 463 g/mol. The molecule has 0 unspecified atom stereocenters. The van der Waals surface area contributed by atoms with E-state index < -0.39 is 15.1 Å². The molecule has 2 aromatic carbocycles. The summed E-state index contributed by atoms with van der Waals surface area (Å²) in [6, 6.07) is 12.8. The Kier molecular flexibility index (Phi) is 7.21. The predicted octanol–water partition coefficient (Wildman–Crippen LogP) is 4.69. The second kappa shape index (κ2) is 9.49. The molecule has 8 heteroatoms. The minimum Gasteiger partial charge on any atom is -0.316 e. The van der Waals surface area contributed by atoms with E-state index >= 15 is 0 Å². The lowest BCUT2D eigenvalue weighted by Crippen LogP contribution is -2.17. The van der Waals surface area contributed by atoms with Gasteiger partial charge in [-0.3, -0.25) is 4.79 Å². The summed E-state index contributed by atoms with van der Waals surface area (Å²) in [6.07, 6.45) is 3.13. The highest BCUT2D eigenvalue weighted by molar-refractivity contribution is 7.98. The molecule has 0 atom stereocenters. The lowest BCUT2D eigenvalue weighted by Gasteiger charge is -2.08. The van der Waals surface area contributed by atoms with E-state index in [1.54, 1.807) is 49.9 Å². The number of hydrogen-bond acceptors (Lipinski definition) is 5. The number of benzene rings is 2. The summed E-state index contributed by atoms with van der Waals surface area (Å²) in [5.74, 6) is -0.240. The average Bonchev–Trinajstić information content (AvgIpc) is 3.04. The summed E-state index contributed by atoms with van der Waals surface area (Å²) < 4.78 is 27.7. The highest BCUT2D eigenvalue weighted by atomic mass is 32.2. The van der Waals surface area contributed by atoms with E-state index in [4.69, 9.17) is 0 Å². The maximum atomic E-state index is 12.6. The summed E-state index contributed by atoms with van der Waals surface area (Å²) in [5.41, 5.74) is 1.84. The second-order valence-electron chi connectivity index (χ2n) is 7.29. The smallest absolute Gasteiger partial charge is 0.252 e. The molecular formula is C22H26N2O3S3. The first-order chi connectivity index (χ1) is 14.3. The first kappa shape index (κ1) is 22.8. The second-order valence-corrected chi connectivity index (χ2v) is 11.7. The zero-order valence-electron chi connectivity index (χ0n) is 17.6. The van der Waals surface area contributed by atoms with Crippen molar-refractivity contribution in [2.75, 3.05) is 6.26 Å². The molecule has 0 spiro atoms. The van der Waals surface area contributed by atoms with Gasteiger partial charge in [0.2, 0.25) is 0 Å². The molecule has 0 N–H and O–H groups in total. The Morgan fingerprint density at radius 2 is 1.87 bits per heavy atom. The van der Waals surface area contributed by atoms with Crippen LogP contribution in [-0.2, 0) is 27.6 Å². The fraction of sp³-hybridized carbons (Fsp3) is 0.364. The van der Waals surface area contributed by atoms with Crippen LogP contribution in [0, 0.1) is 0 Å². The monoisotopic (exact) mass is 462 g/mol. The van der Waals surface area contributed by atoms with Crippen molar-refractivity contribution in [3.63, 3.8) is 0 Å². The zero-order valence-corrected chi connectivity index (χ0v) is 20.0. The van der Waals surface area contributed by atoms with Gasteiger partial charge in [0.25, 0.3) is 5.91 Å². The van der Waals surface area contributed by atoms with Gasteiger partial charge >= 0.3 is 0 Å². The summed E-state index contributed by atoms with van der Waals surface area (Å²) in [6.45, 7) is 6.21. The number of fused-ring (bicyclic) bond motifs is 1. The molecule has 3 rings (SSSR count). The van der Waals surface area contributed by atoms with Crippen molar-refractivity contribution in [2.45, 2.75) is 55.2 Å². The number of aromatic nitrogens is 1. The van der Waals surface area contributed by atoms with Gasteiger partial charge in [0.05, 0.1) is 26.8 Å². The molecule has 0 saturated carbocycles. The number of thioether (sulfide) groups is 1. The van der Waals surface area contributed by atoms with Crippen LogP contribution >= 0.6 is 23.1 Å². The number of nitrogens with zero attached hydrogens (tertiary/aromatic N) is 2. The Balaban J connectivity index is 1.89. The van der Waals surface area contributed by atoms with Gasteiger partial charge in [-0.05, 0) is 62.4 Å². The van der Waals surface area contributed by atoms with E-state index in [-0.39, 0.29) is 17.2 Å². The molecule has 5 nitrogen and oxygen atoms in total. The van der Waals surface area contributed by atoms with E-state index in [0.717, 1.165) is 28.7 Å². The number of carbonyl (C=O) groups is 1. The van der Waals surface area contributed by atoms with Gasteiger partial charge < -0.3 is 4.57 Å². The van der Waals surface area contributed by atoms with Crippen LogP contribution in [0.2, 0.25) is 0 Å². The zero-order chi connectivity index (χ0) is 21.9. The van der Waals surface area contributed by atoms with Crippen LogP contribution in [0.15, 0.2) is 57.2 Å². The minimum absolute atomic E-state index is 0.137.